The van der Waals surface area contributed by atoms with Crippen LogP contribution in [0.15, 0.2) is 60.7 Å². The first-order valence-electron chi connectivity index (χ1n) is 13.9. The molecule has 4 aromatic carbocycles. The van der Waals surface area contributed by atoms with E-state index in [1.807, 2.05) is 62.4 Å². The van der Waals surface area contributed by atoms with Crippen LogP contribution in [0.1, 0.15) is 89.8 Å². The Labute approximate surface area is 230 Å². The van der Waals surface area contributed by atoms with Crippen LogP contribution in [-0.4, -0.2) is 16.0 Å². The van der Waals surface area contributed by atoms with E-state index in [-0.39, 0.29) is 27.8 Å². The van der Waals surface area contributed by atoms with E-state index in [9.17, 15) is 15.0 Å². The van der Waals surface area contributed by atoms with Crippen LogP contribution in [0.5, 0.6) is 11.5 Å². The second-order valence-electron chi connectivity index (χ2n) is 13.4. The zero-order valence-corrected chi connectivity index (χ0v) is 23.5. The maximum atomic E-state index is 13.3. The van der Waals surface area contributed by atoms with Gasteiger partial charge in [-0.05, 0) is 112 Å². The predicted octanol–water partition coefficient (Wildman–Crippen LogP) is 8.24. The fourth-order valence-corrected chi connectivity index (χ4v) is 8.08. The second kappa shape index (κ2) is 7.41. The number of aromatic hydroxyl groups is 2. The topological polar surface area (TPSA) is 57.5 Å². The Morgan fingerprint density at radius 3 is 1.82 bits per heavy atom. The van der Waals surface area contributed by atoms with Gasteiger partial charge >= 0.3 is 0 Å². The van der Waals surface area contributed by atoms with E-state index < -0.39 is 0 Å². The molecule has 0 radical (unpaired) electrons. The molecule has 7 rings (SSSR count). The van der Waals surface area contributed by atoms with Crippen LogP contribution in [-0.2, 0) is 16.2 Å². The Balaban J connectivity index is 1.39. The Morgan fingerprint density at radius 2 is 1.15 bits per heavy atom. The van der Waals surface area contributed by atoms with Gasteiger partial charge in [0.1, 0.15) is 11.5 Å². The molecular formula is C36H34O3. The Bertz CT molecular complexity index is 1770. The van der Waals surface area contributed by atoms with Crippen molar-refractivity contribution in [1.29, 1.82) is 0 Å². The summed E-state index contributed by atoms with van der Waals surface area (Å²) in [6.07, 6.45) is 1.84. The lowest BCUT2D eigenvalue weighted by Gasteiger charge is -2.30. The SMILES string of the molecule is Cc1ccc2c(c1)C(=O)c1cc(-c3cc4c(cc3O)C3(CC(C)(C)c5cc(C)c(O)cc53)CC4(C)C)ccc1-2. The third-order valence-corrected chi connectivity index (χ3v) is 9.73. The average molecular weight is 515 g/mol. The van der Waals surface area contributed by atoms with Crippen LogP contribution < -0.4 is 0 Å². The number of aryl methyl sites for hydroxylation is 2. The van der Waals surface area contributed by atoms with Gasteiger partial charge in [0.05, 0.1) is 0 Å². The quantitative estimate of drug-likeness (QED) is 0.237. The lowest BCUT2D eigenvalue weighted by molar-refractivity contribution is 0.104. The molecule has 3 heteroatoms. The summed E-state index contributed by atoms with van der Waals surface area (Å²) in [6.45, 7) is 13.1. The van der Waals surface area contributed by atoms with E-state index in [1.54, 1.807) is 0 Å². The number of rotatable bonds is 1. The molecule has 3 aliphatic rings. The van der Waals surface area contributed by atoms with Crippen molar-refractivity contribution in [1.82, 2.24) is 0 Å². The summed E-state index contributed by atoms with van der Waals surface area (Å²) in [6, 6.07) is 20.3. The first-order valence-corrected chi connectivity index (χ1v) is 13.9. The first kappa shape index (κ1) is 24.2. The molecule has 196 valence electrons. The highest BCUT2D eigenvalue weighted by molar-refractivity contribution is 6.22. The number of hydrogen-bond donors (Lipinski definition) is 2. The van der Waals surface area contributed by atoms with Crippen molar-refractivity contribution in [2.24, 2.45) is 0 Å². The van der Waals surface area contributed by atoms with Crippen molar-refractivity contribution < 1.29 is 15.0 Å². The summed E-state index contributed by atoms with van der Waals surface area (Å²) < 4.78 is 0. The molecule has 0 saturated heterocycles. The van der Waals surface area contributed by atoms with Gasteiger partial charge in [-0.25, -0.2) is 0 Å². The van der Waals surface area contributed by atoms with Gasteiger partial charge in [0.2, 0.25) is 0 Å². The van der Waals surface area contributed by atoms with Gasteiger partial charge in [-0.2, -0.15) is 0 Å². The number of fused-ring (bicyclic) bond motifs is 7. The molecule has 0 saturated carbocycles. The summed E-state index contributed by atoms with van der Waals surface area (Å²) >= 11 is 0. The molecule has 39 heavy (non-hydrogen) atoms. The third-order valence-electron chi connectivity index (χ3n) is 9.73. The van der Waals surface area contributed by atoms with E-state index in [2.05, 4.69) is 39.8 Å². The molecule has 2 N–H and O–H groups in total. The molecule has 1 unspecified atom stereocenters. The molecule has 1 atom stereocenters. The number of phenols is 2. The third kappa shape index (κ3) is 3.13. The van der Waals surface area contributed by atoms with Crippen LogP contribution >= 0.6 is 0 Å². The van der Waals surface area contributed by atoms with Gasteiger partial charge < -0.3 is 10.2 Å². The fraction of sp³-hybridized carbons (Fsp3) is 0.306. The van der Waals surface area contributed by atoms with Crippen molar-refractivity contribution in [3.05, 3.63) is 105 Å². The summed E-state index contributed by atoms with van der Waals surface area (Å²) in [5.74, 6) is 0.606. The standard InChI is InChI=1S/C36H34O3/c1-19-7-9-22-23-10-8-21(13-26(23)33(39)25(22)11-19)24-14-28-30(16-32(24)38)36(18-35(28,5)6)17-34(3,4)27-12-20(2)31(37)15-29(27)36/h7-16,37-38H,17-18H2,1-6H3. The van der Waals surface area contributed by atoms with Crippen LogP contribution in [0, 0.1) is 13.8 Å². The zero-order chi connectivity index (χ0) is 27.6. The van der Waals surface area contributed by atoms with Crippen molar-refractivity contribution in [2.75, 3.05) is 0 Å². The Hall–Kier alpha value is -3.85. The molecule has 0 aromatic heterocycles. The highest BCUT2D eigenvalue weighted by Gasteiger charge is 2.56. The highest BCUT2D eigenvalue weighted by Crippen LogP contribution is 2.64. The molecule has 3 aliphatic carbocycles. The minimum absolute atomic E-state index is 0.0466. The van der Waals surface area contributed by atoms with Crippen LogP contribution in [0.3, 0.4) is 0 Å². The van der Waals surface area contributed by atoms with Gasteiger partial charge in [-0.15, -0.1) is 0 Å². The lowest BCUT2D eigenvalue weighted by Crippen LogP contribution is -2.26. The number of benzene rings is 4. The minimum Gasteiger partial charge on any atom is -0.508 e. The number of carbonyl (C=O) groups is 1. The van der Waals surface area contributed by atoms with Crippen molar-refractivity contribution in [3.63, 3.8) is 0 Å². The second-order valence-corrected chi connectivity index (χ2v) is 13.4. The van der Waals surface area contributed by atoms with Gasteiger partial charge in [-0.3, -0.25) is 4.79 Å². The molecule has 0 amide bonds. The van der Waals surface area contributed by atoms with Gasteiger partial charge in [-0.1, -0.05) is 63.6 Å². The van der Waals surface area contributed by atoms with Crippen LogP contribution in [0.4, 0.5) is 0 Å². The van der Waals surface area contributed by atoms with Crippen molar-refractivity contribution in [3.8, 4) is 33.8 Å². The molecule has 3 nitrogen and oxygen atoms in total. The van der Waals surface area contributed by atoms with E-state index in [1.165, 1.54) is 16.7 Å². The number of hydrogen-bond acceptors (Lipinski definition) is 3. The molecular weight excluding hydrogens is 480 g/mol. The molecule has 0 heterocycles. The Kier molecular flexibility index (Phi) is 4.60. The molecule has 1 spiro atoms. The summed E-state index contributed by atoms with van der Waals surface area (Å²) in [7, 11) is 0. The van der Waals surface area contributed by atoms with E-state index in [4.69, 9.17) is 0 Å². The maximum absolute atomic E-state index is 13.3. The molecule has 0 aliphatic heterocycles. The monoisotopic (exact) mass is 514 g/mol. The molecule has 0 bridgehead atoms. The summed E-state index contributed by atoms with van der Waals surface area (Å²) in [4.78, 5) is 13.3. The maximum Gasteiger partial charge on any atom is 0.194 e. The van der Waals surface area contributed by atoms with E-state index in [0.29, 0.717) is 11.3 Å². The van der Waals surface area contributed by atoms with Gasteiger partial charge in [0.25, 0.3) is 0 Å². The number of phenolic OH excluding ortho intramolecular Hbond substituents is 2. The number of carbonyl (C=O) groups excluding carboxylic acids is 1. The van der Waals surface area contributed by atoms with Crippen LogP contribution in [0.2, 0.25) is 0 Å². The fourth-order valence-electron chi connectivity index (χ4n) is 8.08. The van der Waals surface area contributed by atoms with Crippen molar-refractivity contribution >= 4 is 5.78 Å². The highest BCUT2D eigenvalue weighted by atomic mass is 16.3. The normalized spacial score (nSPS) is 21.1. The van der Waals surface area contributed by atoms with Crippen LogP contribution in [0.25, 0.3) is 22.3 Å². The average Bonchev–Trinajstić information content (AvgIpc) is 3.35. The minimum atomic E-state index is -0.272. The smallest absolute Gasteiger partial charge is 0.194 e. The zero-order valence-electron chi connectivity index (χ0n) is 23.5. The first-order chi connectivity index (χ1) is 18.3. The largest absolute Gasteiger partial charge is 0.508 e. The van der Waals surface area contributed by atoms with Gasteiger partial charge in [0.15, 0.2) is 5.78 Å². The Morgan fingerprint density at radius 1 is 0.590 bits per heavy atom. The molecule has 4 aromatic rings. The van der Waals surface area contributed by atoms with Crippen molar-refractivity contribution in [2.45, 2.75) is 70.6 Å². The molecule has 0 fully saturated rings. The van der Waals surface area contributed by atoms with Gasteiger partial charge in [0, 0.05) is 22.1 Å². The summed E-state index contributed by atoms with van der Waals surface area (Å²) in [5, 5.41) is 22.2. The number of ketones is 1. The lowest BCUT2D eigenvalue weighted by atomic mass is 9.72. The predicted molar refractivity (Wildman–Crippen MR) is 156 cm³/mol. The summed E-state index contributed by atoms with van der Waals surface area (Å²) in [5.41, 5.74) is 11.4. The van der Waals surface area contributed by atoms with E-state index in [0.717, 1.165) is 57.3 Å². The van der Waals surface area contributed by atoms with E-state index >= 15 is 0 Å².